The van der Waals surface area contributed by atoms with Crippen molar-refractivity contribution in [3.8, 4) is 0 Å². The van der Waals surface area contributed by atoms with E-state index in [1.165, 1.54) is 0 Å². The molecule has 1 unspecified atom stereocenters. The zero-order valence-corrected chi connectivity index (χ0v) is 8.70. The van der Waals surface area contributed by atoms with Crippen LogP contribution in [0.5, 0.6) is 0 Å². The summed E-state index contributed by atoms with van der Waals surface area (Å²) >= 11 is 0. The molecule has 0 saturated carbocycles. The highest BCUT2D eigenvalue weighted by molar-refractivity contribution is 5.55. The first-order chi connectivity index (χ1) is 6.54. The number of hydrogen-bond acceptors (Lipinski definition) is 5. The first-order valence-corrected chi connectivity index (χ1v) is 4.52. The Kier molecular flexibility index (Phi) is 3.24. The second-order valence-electron chi connectivity index (χ2n) is 3.36. The van der Waals surface area contributed by atoms with Gasteiger partial charge in [0, 0.05) is 11.6 Å². The molecule has 1 aromatic rings. The zero-order valence-electron chi connectivity index (χ0n) is 8.70. The fraction of sp³-hybridized carbons (Fsp3) is 0.556. The van der Waals surface area contributed by atoms with E-state index in [9.17, 15) is 0 Å². The molecule has 0 aliphatic rings. The average Bonchev–Trinajstić information content (AvgIpc) is 2.13. The molecular formula is C9H16N4O. The molecule has 5 heteroatoms. The number of hydrogen-bond donors (Lipinski definition) is 3. The molecule has 0 amide bonds. The van der Waals surface area contributed by atoms with Crippen LogP contribution in [-0.2, 0) is 0 Å². The van der Waals surface area contributed by atoms with Crippen molar-refractivity contribution in [2.24, 2.45) is 0 Å². The molecule has 0 bridgehead atoms. The molecule has 0 fully saturated rings. The topological polar surface area (TPSA) is 84.1 Å². The van der Waals surface area contributed by atoms with Gasteiger partial charge in [-0.1, -0.05) is 0 Å². The van der Waals surface area contributed by atoms with Crippen molar-refractivity contribution in [3.63, 3.8) is 0 Å². The van der Waals surface area contributed by atoms with E-state index in [2.05, 4.69) is 15.3 Å². The van der Waals surface area contributed by atoms with Gasteiger partial charge in [-0.2, -0.15) is 0 Å². The number of aliphatic hydroxyl groups excluding tert-OH is 1. The average molecular weight is 196 g/mol. The highest BCUT2D eigenvalue weighted by atomic mass is 16.3. The van der Waals surface area contributed by atoms with E-state index in [-0.39, 0.29) is 12.6 Å². The van der Waals surface area contributed by atoms with Gasteiger partial charge in [0.15, 0.2) is 0 Å². The summed E-state index contributed by atoms with van der Waals surface area (Å²) in [5, 5.41) is 11.9. The van der Waals surface area contributed by atoms with Crippen LogP contribution in [0.3, 0.4) is 0 Å². The number of nitrogens with one attached hydrogen (secondary N) is 1. The van der Waals surface area contributed by atoms with Crippen LogP contribution in [0.25, 0.3) is 0 Å². The summed E-state index contributed by atoms with van der Waals surface area (Å²) in [6.07, 6.45) is 0. The monoisotopic (exact) mass is 196 g/mol. The summed E-state index contributed by atoms with van der Waals surface area (Å²) in [4.78, 5) is 8.24. The van der Waals surface area contributed by atoms with E-state index in [4.69, 9.17) is 10.8 Å². The van der Waals surface area contributed by atoms with Gasteiger partial charge in [-0.25, -0.2) is 9.97 Å². The van der Waals surface area contributed by atoms with Crippen LogP contribution in [0.4, 0.5) is 11.6 Å². The van der Waals surface area contributed by atoms with Crippen molar-refractivity contribution >= 4 is 11.6 Å². The van der Waals surface area contributed by atoms with E-state index < -0.39 is 0 Å². The molecule has 5 nitrogen and oxygen atoms in total. The Hall–Kier alpha value is -1.36. The SMILES string of the molecule is Cc1nc(N)c(C)c(NC(C)CO)n1. The number of nitrogens with zero attached hydrogens (tertiary/aromatic N) is 2. The predicted molar refractivity (Wildman–Crippen MR) is 56.1 cm³/mol. The number of rotatable bonds is 3. The molecule has 4 N–H and O–H groups in total. The van der Waals surface area contributed by atoms with Gasteiger partial charge in [0.25, 0.3) is 0 Å². The maximum absolute atomic E-state index is 8.89. The van der Waals surface area contributed by atoms with E-state index in [1.54, 1.807) is 6.92 Å². The lowest BCUT2D eigenvalue weighted by Gasteiger charge is -2.14. The van der Waals surface area contributed by atoms with E-state index in [1.807, 2.05) is 13.8 Å². The third kappa shape index (κ3) is 2.32. The molecule has 1 heterocycles. The van der Waals surface area contributed by atoms with Crippen LogP contribution >= 0.6 is 0 Å². The Labute approximate surface area is 83.4 Å². The van der Waals surface area contributed by atoms with Crippen LogP contribution in [0.2, 0.25) is 0 Å². The third-order valence-electron chi connectivity index (χ3n) is 1.95. The summed E-state index contributed by atoms with van der Waals surface area (Å²) < 4.78 is 0. The summed E-state index contributed by atoms with van der Waals surface area (Å²) in [5.74, 6) is 1.79. The van der Waals surface area contributed by atoms with Crippen molar-refractivity contribution in [2.75, 3.05) is 17.7 Å². The van der Waals surface area contributed by atoms with Crippen molar-refractivity contribution in [1.29, 1.82) is 0 Å². The van der Waals surface area contributed by atoms with Crippen LogP contribution in [0, 0.1) is 13.8 Å². The van der Waals surface area contributed by atoms with Gasteiger partial charge < -0.3 is 16.2 Å². The highest BCUT2D eigenvalue weighted by Gasteiger charge is 2.08. The molecule has 0 saturated heterocycles. The summed E-state index contributed by atoms with van der Waals surface area (Å²) in [5.41, 5.74) is 6.50. The van der Waals surface area contributed by atoms with Gasteiger partial charge >= 0.3 is 0 Å². The van der Waals surface area contributed by atoms with Crippen LogP contribution in [0.15, 0.2) is 0 Å². The summed E-state index contributed by atoms with van der Waals surface area (Å²) in [6, 6.07) is -0.0394. The molecule has 0 radical (unpaired) electrons. The fourth-order valence-electron chi connectivity index (χ4n) is 1.07. The lowest BCUT2D eigenvalue weighted by Crippen LogP contribution is -2.21. The van der Waals surface area contributed by atoms with Gasteiger partial charge in [0.2, 0.25) is 0 Å². The lowest BCUT2D eigenvalue weighted by atomic mass is 10.2. The van der Waals surface area contributed by atoms with Gasteiger partial charge in [0.1, 0.15) is 17.5 Å². The van der Waals surface area contributed by atoms with Crippen molar-refractivity contribution in [3.05, 3.63) is 11.4 Å². The van der Waals surface area contributed by atoms with Gasteiger partial charge in [-0.3, -0.25) is 0 Å². The fourth-order valence-corrected chi connectivity index (χ4v) is 1.07. The molecular weight excluding hydrogens is 180 g/mol. The first kappa shape index (κ1) is 10.7. The molecule has 0 aliphatic carbocycles. The second-order valence-corrected chi connectivity index (χ2v) is 3.36. The maximum Gasteiger partial charge on any atom is 0.135 e. The smallest absolute Gasteiger partial charge is 0.135 e. The first-order valence-electron chi connectivity index (χ1n) is 4.52. The zero-order chi connectivity index (χ0) is 10.7. The number of anilines is 2. The number of aliphatic hydroxyl groups is 1. The third-order valence-corrected chi connectivity index (χ3v) is 1.95. The Morgan fingerprint density at radius 3 is 2.64 bits per heavy atom. The quantitative estimate of drug-likeness (QED) is 0.654. The van der Waals surface area contributed by atoms with E-state index in [0.717, 1.165) is 5.56 Å². The lowest BCUT2D eigenvalue weighted by molar-refractivity contribution is 0.281. The maximum atomic E-state index is 8.89. The van der Waals surface area contributed by atoms with Gasteiger partial charge in [-0.05, 0) is 20.8 Å². The second kappa shape index (κ2) is 4.23. The summed E-state index contributed by atoms with van der Waals surface area (Å²) in [7, 11) is 0. The number of aromatic nitrogens is 2. The molecule has 1 rings (SSSR count). The number of aryl methyl sites for hydroxylation is 1. The molecule has 78 valence electrons. The van der Waals surface area contributed by atoms with Crippen molar-refractivity contribution in [1.82, 2.24) is 9.97 Å². The van der Waals surface area contributed by atoms with Gasteiger partial charge in [-0.15, -0.1) is 0 Å². The Balaban J connectivity index is 2.96. The number of nitrogen functional groups attached to an aromatic ring is 1. The van der Waals surface area contributed by atoms with Crippen molar-refractivity contribution < 1.29 is 5.11 Å². The van der Waals surface area contributed by atoms with Crippen molar-refractivity contribution in [2.45, 2.75) is 26.8 Å². The minimum absolute atomic E-state index is 0.0394. The van der Waals surface area contributed by atoms with E-state index >= 15 is 0 Å². The minimum Gasteiger partial charge on any atom is -0.394 e. The summed E-state index contributed by atoms with van der Waals surface area (Å²) in [6.45, 7) is 5.56. The molecule has 0 aliphatic heterocycles. The Bertz CT molecular complexity index is 327. The standard InChI is InChI=1S/C9H16N4O/c1-5(4-14)11-9-6(2)8(10)12-7(3)13-9/h5,14H,4H2,1-3H3,(H3,10,11,12,13). The molecule has 1 aromatic heterocycles. The van der Waals surface area contributed by atoms with Crippen LogP contribution in [0.1, 0.15) is 18.3 Å². The van der Waals surface area contributed by atoms with Crippen LogP contribution < -0.4 is 11.1 Å². The highest BCUT2D eigenvalue weighted by Crippen LogP contribution is 2.17. The minimum atomic E-state index is -0.0394. The molecule has 0 spiro atoms. The number of nitrogens with two attached hydrogens (primary N) is 1. The predicted octanol–water partition coefficient (Wildman–Crippen LogP) is 0.468. The Morgan fingerprint density at radius 2 is 2.07 bits per heavy atom. The molecule has 14 heavy (non-hydrogen) atoms. The largest absolute Gasteiger partial charge is 0.394 e. The van der Waals surface area contributed by atoms with Gasteiger partial charge in [0.05, 0.1) is 6.61 Å². The molecule has 0 aromatic carbocycles. The normalized spacial score (nSPS) is 12.6. The van der Waals surface area contributed by atoms with E-state index in [0.29, 0.717) is 17.5 Å². The molecule has 1 atom stereocenters. The Morgan fingerprint density at radius 1 is 1.43 bits per heavy atom. The van der Waals surface area contributed by atoms with Crippen LogP contribution in [-0.4, -0.2) is 27.7 Å².